The quantitative estimate of drug-likeness (QED) is 0.326. The average Bonchev–Trinajstić information content (AvgIpc) is 3.12. The Hall–Kier alpha value is -3.81. The molecule has 1 aromatic heterocycles. The molecule has 0 unspecified atom stereocenters. The van der Waals surface area contributed by atoms with E-state index < -0.39 is 0 Å². The van der Waals surface area contributed by atoms with Crippen LogP contribution in [-0.2, 0) is 13.1 Å². The van der Waals surface area contributed by atoms with E-state index in [0.717, 1.165) is 33.9 Å². The molecule has 0 radical (unpaired) electrons. The Morgan fingerprint density at radius 2 is 1.73 bits per heavy atom. The van der Waals surface area contributed by atoms with Crippen molar-refractivity contribution < 1.29 is 4.79 Å². The van der Waals surface area contributed by atoms with Crippen molar-refractivity contribution >= 4 is 17.7 Å². The number of para-hydroxylation sites is 1. The summed E-state index contributed by atoms with van der Waals surface area (Å²) in [5.74, 6) is 0.705. The van der Waals surface area contributed by atoms with Gasteiger partial charge in [0.25, 0.3) is 0 Å². The van der Waals surface area contributed by atoms with Crippen molar-refractivity contribution in [2.24, 2.45) is 4.99 Å². The van der Waals surface area contributed by atoms with E-state index in [1.807, 2.05) is 61.9 Å². The summed E-state index contributed by atoms with van der Waals surface area (Å²) in [5.41, 5.74) is 6.10. The highest BCUT2D eigenvalue weighted by molar-refractivity contribution is 5.89. The number of nitrogens with one attached hydrogen (secondary N) is 4. The Balaban J connectivity index is 1.56. The van der Waals surface area contributed by atoms with Gasteiger partial charge in [0, 0.05) is 37.6 Å². The number of anilines is 1. The zero-order valence-electron chi connectivity index (χ0n) is 19.9. The van der Waals surface area contributed by atoms with E-state index in [4.69, 9.17) is 0 Å². The van der Waals surface area contributed by atoms with Gasteiger partial charge in [0.2, 0.25) is 0 Å². The first-order valence-electron chi connectivity index (χ1n) is 11.1. The topological polar surface area (TPSA) is 95.4 Å². The third-order valence-electron chi connectivity index (χ3n) is 4.99. The molecule has 8 nitrogen and oxygen atoms in total. The van der Waals surface area contributed by atoms with Gasteiger partial charge >= 0.3 is 6.03 Å². The third kappa shape index (κ3) is 6.83. The Labute approximate surface area is 195 Å². The maximum atomic E-state index is 11.8. The Bertz CT molecular complexity index is 1100. The summed E-state index contributed by atoms with van der Waals surface area (Å²) in [4.78, 5) is 16.2. The first-order chi connectivity index (χ1) is 15.9. The minimum absolute atomic E-state index is 0.0902. The van der Waals surface area contributed by atoms with Gasteiger partial charge in [0.1, 0.15) is 0 Å². The summed E-state index contributed by atoms with van der Waals surface area (Å²) < 4.78 is 1.97. The van der Waals surface area contributed by atoms with Gasteiger partial charge in [-0.1, -0.05) is 30.3 Å². The minimum atomic E-state index is -0.207. The first kappa shape index (κ1) is 23.8. The lowest BCUT2D eigenvalue weighted by molar-refractivity contribution is 0.250. The van der Waals surface area contributed by atoms with E-state index in [2.05, 4.69) is 56.5 Å². The van der Waals surface area contributed by atoms with Crippen molar-refractivity contribution in [1.29, 1.82) is 0 Å². The van der Waals surface area contributed by atoms with Crippen LogP contribution >= 0.6 is 0 Å². The van der Waals surface area contributed by atoms with Crippen LogP contribution in [0, 0.1) is 13.8 Å². The maximum absolute atomic E-state index is 11.8. The van der Waals surface area contributed by atoms with Crippen LogP contribution in [0.25, 0.3) is 5.69 Å². The Kier molecular flexibility index (Phi) is 8.07. The summed E-state index contributed by atoms with van der Waals surface area (Å²) in [7, 11) is 1.75. The summed E-state index contributed by atoms with van der Waals surface area (Å²) in [6.07, 6.45) is 0. The zero-order chi connectivity index (χ0) is 23.8. The fourth-order valence-corrected chi connectivity index (χ4v) is 3.46. The Morgan fingerprint density at radius 3 is 2.36 bits per heavy atom. The molecule has 2 amide bonds. The number of urea groups is 1. The second-order valence-corrected chi connectivity index (χ2v) is 8.20. The number of carbonyl (C=O) groups is 1. The van der Waals surface area contributed by atoms with Crippen molar-refractivity contribution in [2.45, 2.75) is 46.8 Å². The predicted octanol–water partition coefficient (Wildman–Crippen LogP) is 3.88. The van der Waals surface area contributed by atoms with Gasteiger partial charge in [0.15, 0.2) is 5.96 Å². The van der Waals surface area contributed by atoms with Crippen LogP contribution in [0.5, 0.6) is 0 Å². The minimum Gasteiger partial charge on any atom is -0.352 e. The van der Waals surface area contributed by atoms with Crippen molar-refractivity contribution in [2.75, 3.05) is 12.4 Å². The van der Waals surface area contributed by atoms with Crippen molar-refractivity contribution in [3.63, 3.8) is 0 Å². The maximum Gasteiger partial charge on any atom is 0.319 e. The highest BCUT2D eigenvalue weighted by Gasteiger charge is 2.09. The number of carbonyl (C=O) groups excluding carboxylic acids is 1. The fourth-order valence-electron chi connectivity index (χ4n) is 3.46. The van der Waals surface area contributed by atoms with E-state index in [1.54, 1.807) is 7.05 Å². The second-order valence-electron chi connectivity index (χ2n) is 8.20. The molecule has 0 bridgehead atoms. The zero-order valence-corrected chi connectivity index (χ0v) is 19.9. The summed E-state index contributed by atoms with van der Waals surface area (Å²) in [6.45, 7) is 9.13. The highest BCUT2D eigenvalue weighted by Crippen LogP contribution is 2.17. The average molecular weight is 448 g/mol. The molecule has 33 heavy (non-hydrogen) atoms. The highest BCUT2D eigenvalue weighted by atomic mass is 16.2. The van der Waals surface area contributed by atoms with E-state index in [0.29, 0.717) is 19.0 Å². The largest absolute Gasteiger partial charge is 0.352 e. The Morgan fingerprint density at radius 1 is 1.03 bits per heavy atom. The number of aryl methyl sites for hydroxylation is 2. The van der Waals surface area contributed by atoms with Crippen LogP contribution in [0.4, 0.5) is 10.5 Å². The molecule has 0 saturated carbocycles. The van der Waals surface area contributed by atoms with Gasteiger partial charge < -0.3 is 21.3 Å². The third-order valence-corrected chi connectivity index (χ3v) is 4.99. The molecule has 0 spiro atoms. The van der Waals surface area contributed by atoms with E-state index in [1.165, 1.54) is 0 Å². The van der Waals surface area contributed by atoms with Gasteiger partial charge in [-0.25, -0.2) is 9.48 Å². The van der Waals surface area contributed by atoms with Crippen LogP contribution in [0.15, 0.2) is 59.6 Å². The molecule has 4 N–H and O–H groups in total. The molecule has 8 heteroatoms. The van der Waals surface area contributed by atoms with Gasteiger partial charge in [-0.2, -0.15) is 5.10 Å². The van der Waals surface area contributed by atoms with E-state index in [-0.39, 0.29) is 12.1 Å². The second kappa shape index (κ2) is 11.2. The normalized spacial score (nSPS) is 11.4. The molecule has 174 valence electrons. The monoisotopic (exact) mass is 447 g/mol. The molecule has 3 aromatic rings. The molecule has 2 aromatic carbocycles. The van der Waals surface area contributed by atoms with Gasteiger partial charge in [-0.3, -0.25) is 4.99 Å². The molecule has 0 aliphatic rings. The van der Waals surface area contributed by atoms with Gasteiger partial charge in [-0.15, -0.1) is 0 Å². The number of hydrogen-bond acceptors (Lipinski definition) is 3. The number of amides is 2. The van der Waals surface area contributed by atoms with Crippen molar-refractivity contribution in [3.05, 3.63) is 77.1 Å². The molecule has 0 aliphatic heterocycles. The summed E-state index contributed by atoms with van der Waals surface area (Å²) >= 11 is 0. The van der Waals surface area contributed by atoms with Crippen LogP contribution in [-0.4, -0.2) is 34.9 Å². The summed E-state index contributed by atoms with van der Waals surface area (Å²) in [6, 6.07) is 17.9. The van der Waals surface area contributed by atoms with Crippen LogP contribution < -0.4 is 21.3 Å². The number of rotatable bonds is 7. The fraction of sp³-hybridized carbons (Fsp3) is 0.320. The molecule has 3 rings (SSSR count). The standard InChI is InChI=1S/C25H33N7O/c1-17(2)29-25(33)30-22-12-10-20(11-13-22)15-27-24(26-5)28-16-21-8-6-7-9-23(21)32-19(4)14-18(3)31-32/h6-14,17H,15-16H2,1-5H3,(H2,26,27,28)(H2,29,30,33). The number of aliphatic imine (C=N–C) groups is 1. The van der Waals surface area contributed by atoms with Crippen molar-refractivity contribution in [3.8, 4) is 5.69 Å². The smallest absolute Gasteiger partial charge is 0.319 e. The molecule has 0 saturated heterocycles. The van der Waals surface area contributed by atoms with Crippen LogP contribution in [0.3, 0.4) is 0 Å². The number of aromatic nitrogens is 2. The van der Waals surface area contributed by atoms with E-state index >= 15 is 0 Å². The number of hydrogen-bond donors (Lipinski definition) is 4. The SMILES string of the molecule is CN=C(NCc1ccc(NC(=O)NC(C)C)cc1)NCc1ccccc1-n1nc(C)cc1C. The molecular weight excluding hydrogens is 414 g/mol. The summed E-state index contributed by atoms with van der Waals surface area (Å²) in [5, 5.41) is 17.0. The lowest BCUT2D eigenvalue weighted by Crippen LogP contribution is -2.36. The molecule has 0 fully saturated rings. The van der Waals surface area contributed by atoms with Gasteiger partial charge in [0.05, 0.1) is 11.4 Å². The number of nitrogens with zero attached hydrogens (tertiary/aromatic N) is 3. The molecule has 0 atom stereocenters. The number of benzene rings is 2. The van der Waals surface area contributed by atoms with Crippen LogP contribution in [0.1, 0.15) is 36.4 Å². The molecular formula is C25H33N7O. The van der Waals surface area contributed by atoms with Crippen LogP contribution in [0.2, 0.25) is 0 Å². The van der Waals surface area contributed by atoms with Gasteiger partial charge in [-0.05, 0) is 63.1 Å². The van der Waals surface area contributed by atoms with Crippen molar-refractivity contribution in [1.82, 2.24) is 25.7 Å². The lowest BCUT2D eigenvalue weighted by atomic mass is 10.1. The molecule has 1 heterocycles. The van der Waals surface area contributed by atoms with E-state index in [9.17, 15) is 4.79 Å². The first-order valence-corrected chi connectivity index (χ1v) is 11.1. The lowest BCUT2D eigenvalue weighted by Gasteiger charge is -2.15. The predicted molar refractivity (Wildman–Crippen MR) is 134 cm³/mol. The number of guanidine groups is 1. The molecule has 0 aliphatic carbocycles.